The Morgan fingerprint density at radius 2 is 2.08 bits per heavy atom. The summed E-state index contributed by atoms with van der Waals surface area (Å²) in [4.78, 5) is 16.6. The number of nitrogens with zero attached hydrogens (tertiary/aromatic N) is 1. The number of hydrogen-bond donors (Lipinski definition) is 1. The van der Waals surface area contributed by atoms with Crippen molar-refractivity contribution in [3.63, 3.8) is 0 Å². The van der Waals surface area contributed by atoms with Crippen LogP contribution in [-0.4, -0.2) is 18.0 Å². The molecule has 0 aliphatic carbocycles. The Morgan fingerprint density at radius 1 is 1.21 bits per heavy atom. The molecule has 1 aromatic heterocycles. The quantitative estimate of drug-likeness (QED) is 0.737. The van der Waals surface area contributed by atoms with Gasteiger partial charge in [-0.05, 0) is 30.3 Å². The summed E-state index contributed by atoms with van der Waals surface area (Å²) in [5, 5.41) is 4.77. The zero-order valence-corrected chi connectivity index (χ0v) is 13.9. The summed E-state index contributed by atoms with van der Waals surface area (Å²) in [6, 6.07) is 14.3. The van der Waals surface area contributed by atoms with Gasteiger partial charge in [-0.25, -0.2) is 4.98 Å². The molecular weight excluding hydrogens is 324 g/mol. The molecule has 3 rings (SSSR count). The van der Waals surface area contributed by atoms with Crippen molar-refractivity contribution in [1.82, 2.24) is 4.98 Å². The minimum Gasteiger partial charge on any atom is -0.495 e. The normalized spacial score (nSPS) is 10.2. The predicted molar refractivity (Wildman–Crippen MR) is 93.8 cm³/mol. The van der Waals surface area contributed by atoms with Crippen LogP contribution in [0.15, 0.2) is 59.4 Å². The van der Waals surface area contributed by atoms with Gasteiger partial charge in [0.1, 0.15) is 18.1 Å². The number of methoxy groups -OCH3 is 1. The van der Waals surface area contributed by atoms with Crippen molar-refractivity contribution in [2.45, 2.75) is 6.61 Å². The van der Waals surface area contributed by atoms with E-state index in [1.54, 1.807) is 43.0 Å². The summed E-state index contributed by atoms with van der Waals surface area (Å²) >= 11 is 1.52. The molecule has 0 spiro atoms. The molecule has 122 valence electrons. The second kappa shape index (κ2) is 7.61. The van der Waals surface area contributed by atoms with E-state index in [-0.39, 0.29) is 5.91 Å². The Hall–Kier alpha value is -2.86. The number of amides is 1. The molecule has 0 aliphatic heterocycles. The highest BCUT2D eigenvalue weighted by Crippen LogP contribution is 2.24. The lowest BCUT2D eigenvalue weighted by Crippen LogP contribution is -2.12. The molecule has 5 nitrogen and oxygen atoms in total. The molecule has 1 N–H and O–H groups in total. The number of aromatic nitrogens is 1. The molecule has 1 heterocycles. The first-order valence-corrected chi connectivity index (χ1v) is 8.25. The van der Waals surface area contributed by atoms with Crippen LogP contribution in [0.25, 0.3) is 0 Å². The van der Waals surface area contributed by atoms with Crippen molar-refractivity contribution < 1.29 is 14.3 Å². The molecule has 0 saturated carbocycles. The zero-order valence-electron chi connectivity index (χ0n) is 13.1. The van der Waals surface area contributed by atoms with Crippen LogP contribution in [-0.2, 0) is 6.61 Å². The number of anilines is 1. The first-order chi connectivity index (χ1) is 11.8. The number of hydrogen-bond acceptors (Lipinski definition) is 5. The number of carbonyl (C=O) groups excluding carboxylic acids is 1. The topological polar surface area (TPSA) is 60.5 Å². The molecule has 0 bridgehead atoms. The Morgan fingerprint density at radius 3 is 2.88 bits per heavy atom. The van der Waals surface area contributed by atoms with Crippen LogP contribution in [0.1, 0.15) is 16.1 Å². The van der Waals surface area contributed by atoms with Crippen molar-refractivity contribution in [2.75, 3.05) is 12.4 Å². The lowest BCUT2D eigenvalue weighted by molar-refractivity contribution is 0.102. The summed E-state index contributed by atoms with van der Waals surface area (Å²) in [5.41, 5.74) is 3.76. The molecule has 0 unspecified atom stereocenters. The van der Waals surface area contributed by atoms with Gasteiger partial charge < -0.3 is 14.8 Å². The highest BCUT2D eigenvalue weighted by molar-refractivity contribution is 7.07. The van der Waals surface area contributed by atoms with E-state index in [1.807, 2.05) is 23.6 Å². The zero-order chi connectivity index (χ0) is 16.8. The van der Waals surface area contributed by atoms with E-state index >= 15 is 0 Å². The minimum atomic E-state index is -0.224. The molecule has 0 aliphatic rings. The number of carbonyl (C=O) groups is 1. The fourth-order valence-corrected chi connectivity index (χ4v) is 2.68. The van der Waals surface area contributed by atoms with E-state index in [9.17, 15) is 4.79 Å². The van der Waals surface area contributed by atoms with Gasteiger partial charge in [0.2, 0.25) is 0 Å². The van der Waals surface area contributed by atoms with Crippen molar-refractivity contribution in [2.24, 2.45) is 0 Å². The summed E-state index contributed by atoms with van der Waals surface area (Å²) < 4.78 is 10.9. The fraction of sp³-hybridized carbons (Fsp3) is 0.111. The molecule has 24 heavy (non-hydrogen) atoms. The smallest absolute Gasteiger partial charge is 0.255 e. The average molecular weight is 340 g/mol. The van der Waals surface area contributed by atoms with E-state index < -0.39 is 0 Å². The highest BCUT2D eigenvalue weighted by Gasteiger charge is 2.10. The number of nitrogens with one attached hydrogen (secondary N) is 1. The van der Waals surface area contributed by atoms with Gasteiger partial charge in [-0.1, -0.05) is 18.2 Å². The van der Waals surface area contributed by atoms with Crippen molar-refractivity contribution >= 4 is 22.9 Å². The Bertz CT molecular complexity index is 819. The second-order valence-electron chi connectivity index (χ2n) is 4.95. The molecule has 1 amide bonds. The largest absolute Gasteiger partial charge is 0.495 e. The van der Waals surface area contributed by atoms with Gasteiger partial charge in [-0.2, -0.15) is 0 Å². The number of para-hydroxylation sites is 2. The van der Waals surface area contributed by atoms with E-state index in [0.717, 1.165) is 5.69 Å². The SMILES string of the molecule is COc1ccccc1NC(=O)c1cccc(OCc2cscn2)c1. The molecule has 0 atom stereocenters. The van der Waals surface area contributed by atoms with Crippen LogP contribution in [0.2, 0.25) is 0 Å². The Labute approximate surface area is 143 Å². The second-order valence-corrected chi connectivity index (χ2v) is 5.67. The maximum Gasteiger partial charge on any atom is 0.255 e. The number of thiazole rings is 1. The third kappa shape index (κ3) is 3.91. The third-order valence-corrected chi connectivity index (χ3v) is 3.96. The number of ether oxygens (including phenoxy) is 2. The summed E-state index contributed by atoms with van der Waals surface area (Å²) in [5.74, 6) is 1.01. The third-order valence-electron chi connectivity index (χ3n) is 3.32. The molecule has 0 fully saturated rings. The van der Waals surface area contributed by atoms with Crippen LogP contribution in [0.5, 0.6) is 11.5 Å². The van der Waals surface area contributed by atoms with Gasteiger partial charge in [-0.3, -0.25) is 4.79 Å². The minimum absolute atomic E-state index is 0.224. The lowest BCUT2D eigenvalue weighted by atomic mass is 10.2. The van der Waals surface area contributed by atoms with Crippen LogP contribution < -0.4 is 14.8 Å². The van der Waals surface area contributed by atoms with Crippen LogP contribution >= 0.6 is 11.3 Å². The Balaban J connectivity index is 1.69. The molecule has 6 heteroatoms. The molecule has 0 saturated heterocycles. The van der Waals surface area contributed by atoms with E-state index in [1.165, 1.54) is 11.3 Å². The average Bonchev–Trinajstić information content (AvgIpc) is 3.14. The number of benzene rings is 2. The van der Waals surface area contributed by atoms with Gasteiger partial charge in [0, 0.05) is 10.9 Å². The first kappa shape index (κ1) is 16.0. The summed E-state index contributed by atoms with van der Waals surface area (Å²) in [6.07, 6.45) is 0. The van der Waals surface area contributed by atoms with Crippen LogP contribution in [0.3, 0.4) is 0 Å². The van der Waals surface area contributed by atoms with Gasteiger partial charge in [0.05, 0.1) is 24.0 Å². The Kier molecular flexibility index (Phi) is 5.08. The van der Waals surface area contributed by atoms with Gasteiger partial charge in [0.25, 0.3) is 5.91 Å². The van der Waals surface area contributed by atoms with E-state index in [0.29, 0.717) is 29.4 Å². The first-order valence-electron chi connectivity index (χ1n) is 7.30. The van der Waals surface area contributed by atoms with Crippen molar-refractivity contribution in [1.29, 1.82) is 0 Å². The molecular formula is C18H16N2O3S. The maximum atomic E-state index is 12.4. The van der Waals surface area contributed by atoms with Crippen LogP contribution in [0.4, 0.5) is 5.69 Å². The van der Waals surface area contributed by atoms with Gasteiger partial charge >= 0.3 is 0 Å². The fourth-order valence-electron chi connectivity index (χ4n) is 2.14. The summed E-state index contributed by atoms with van der Waals surface area (Å²) in [6.45, 7) is 0.376. The van der Waals surface area contributed by atoms with E-state index in [4.69, 9.17) is 9.47 Å². The standard InChI is InChI=1S/C18H16N2O3S/c1-22-17-8-3-2-7-16(17)20-18(21)13-5-4-6-15(9-13)23-10-14-11-24-12-19-14/h2-9,11-12H,10H2,1H3,(H,20,21). The number of rotatable bonds is 6. The van der Waals surface area contributed by atoms with Crippen molar-refractivity contribution in [3.05, 3.63) is 70.7 Å². The summed E-state index contributed by atoms with van der Waals surface area (Å²) in [7, 11) is 1.57. The van der Waals surface area contributed by atoms with Gasteiger partial charge in [-0.15, -0.1) is 11.3 Å². The predicted octanol–water partition coefficient (Wildman–Crippen LogP) is 3.98. The van der Waals surface area contributed by atoms with Crippen molar-refractivity contribution in [3.8, 4) is 11.5 Å². The highest BCUT2D eigenvalue weighted by atomic mass is 32.1. The monoisotopic (exact) mass is 340 g/mol. The van der Waals surface area contributed by atoms with Gasteiger partial charge in [0.15, 0.2) is 0 Å². The molecule has 3 aromatic rings. The van der Waals surface area contributed by atoms with E-state index in [2.05, 4.69) is 10.3 Å². The van der Waals surface area contributed by atoms with Crippen LogP contribution in [0, 0.1) is 0 Å². The molecule has 0 radical (unpaired) electrons. The maximum absolute atomic E-state index is 12.4. The lowest BCUT2D eigenvalue weighted by Gasteiger charge is -2.10. The molecule has 2 aromatic carbocycles.